The third-order valence-electron chi connectivity index (χ3n) is 4.61. The van der Waals surface area contributed by atoms with Gasteiger partial charge in [-0.1, -0.05) is 0 Å². The normalized spacial score (nSPS) is 15.4. The topological polar surface area (TPSA) is 121 Å². The number of aryl methyl sites for hydroxylation is 1. The maximum absolute atomic E-state index is 12.6. The molecule has 3 heterocycles. The van der Waals surface area contributed by atoms with Crippen molar-refractivity contribution in [3.63, 3.8) is 0 Å². The van der Waals surface area contributed by atoms with E-state index >= 15 is 0 Å². The number of nitrogens with one attached hydrogen (secondary N) is 1. The number of amides is 2. The van der Waals surface area contributed by atoms with Crippen LogP contribution in [-0.4, -0.2) is 29.9 Å². The van der Waals surface area contributed by atoms with Crippen molar-refractivity contribution in [2.45, 2.75) is 25.7 Å². The molecule has 138 valence electrons. The van der Waals surface area contributed by atoms with E-state index in [9.17, 15) is 14.9 Å². The summed E-state index contributed by atoms with van der Waals surface area (Å²) >= 11 is 1.45. The van der Waals surface area contributed by atoms with Crippen LogP contribution >= 0.6 is 11.3 Å². The van der Waals surface area contributed by atoms with Gasteiger partial charge in [-0.15, -0.1) is 11.3 Å². The zero-order valence-corrected chi connectivity index (χ0v) is 15.3. The number of fused-ring (bicyclic) bond motifs is 2. The molecule has 0 atom stereocenters. The van der Waals surface area contributed by atoms with Gasteiger partial charge in [0.2, 0.25) is 5.91 Å². The minimum atomic E-state index is -0.393. The zero-order chi connectivity index (χ0) is 19.0. The highest BCUT2D eigenvalue weighted by Gasteiger charge is 2.30. The molecule has 0 aromatic carbocycles. The van der Waals surface area contributed by atoms with Crippen molar-refractivity contribution in [3.8, 4) is 11.8 Å². The Morgan fingerprint density at radius 2 is 2.22 bits per heavy atom. The fourth-order valence-electron chi connectivity index (χ4n) is 3.34. The molecule has 4 rings (SSSR count). The summed E-state index contributed by atoms with van der Waals surface area (Å²) in [5.41, 5.74) is 7.29. The third kappa shape index (κ3) is 3.19. The Hall–Kier alpha value is -3.12. The average molecular weight is 383 g/mol. The number of carbonyl (C=O) groups is 2. The van der Waals surface area contributed by atoms with E-state index in [0.717, 1.165) is 36.1 Å². The summed E-state index contributed by atoms with van der Waals surface area (Å²) in [6.07, 6.45) is 3.95. The summed E-state index contributed by atoms with van der Waals surface area (Å²) < 4.78 is 5.33. The summed E-state index contributed by atoms with van der Waals surface area (Å²) in [5.74, 6) is 0.0979. The highest BCUT2D eigenvalue weighted by molar-refractivity contribution is 7.16. The van der Waals surface area contributed by atoms with Crippen LogP contribution in [0.25, 0.3) is 0 Å². The maximum Gasteiger partial charge on any atom is 0.266 e. The van der Waals surface area contributed by atoms with Crippen LogP contribution in [0, 0.1) is 11.3 Å². The van der Waals surface area contributed by atoms with Crippen LogP contribution in [0.3, 0.4) is 0 Å². The molecule has 27 heavy (non-hydrogen) atoms. The van der Waals surface area contributed by atoms with Gasteiger partial charge in [-0.05, 0) is 43.4 Å². The molecule has 2 aromatic heterocycles. The van der Waals surface area contributed by atoms with Gasteiger partial charge < -0.3 is 15.8 Å². The molecule has 0 saturated carbocycles. The average Bonchev–Trinajstić information content (AvgIpc) is 3.01. The third-order valence-corrected chi connectivity index (χ3v) is 5.81. The van der Waals surface area contributed by atoms with Crippen LogP contribution in [0.15, 0.2) is 12.1 Å². The van der Waals surface area contributed by atoms with Gasteiger partial charge in [0, 0.05) is 4.88 Å². The van der Waals surface area contributed by atoms with Gasteiger partial charge in [-0.2, -0.15) is 5.26 Å². The minimum absolute atomic E-state index is 0.164. The number of nitrogen functional groups attached to an aromatic ring is 1. The fraction of sp³-hybridized carbons (Fsp3) is 0.333. The number of anilines is 3. The molecule has 9 heteroatoms. The Bertz CT molecular complexity index is 978. The van der Waals surface area contributed by atoms with Gasteiger partial charge >= 0.3 is 0 Å². The second-order valence-electron chi connectivity index (χ2n) is 6.40. The van der Waals surface area contributed by atoms with Crippen LogP contribution in [-0.2, 0) is 22.4 Å². The van der Waals surface area contributed by atoms with Crippen LogP contribution < -0.4 is 20.7 Å². The summed E-state index contributed by atoms with van der Waals surface area (Å²) in [5, 5.41) is 12.8. The first-order valence-electron chi connectivity index (χ1n) is 8.61. The Kier molecular flexibility index (Phi) is 4.41. The van der Waals surface area contributed by atoms with E-state index in [1.807, 2.05) is 0 Å². The highest BCUT2D eigenvalue weighted by Crippen LogP contribution is 2.37. The number of nitrogens with two attached hydrogens (primary N) is 1. The molecule has 1 aliphatic heterocycles. The molecule has 2 aliphatic rings. The number of nitrogens with zero attached hydrogens (tertiary/aromatic N) is 3. The molecule has 1 aliphatic carbocycles. The molecule has 8 nitrogen and oxygen atoms in total. The van der Waals surface area contributed by atoms with E-state index in [0.29, 0.717) is 16.3 Å². The van der Waals surface area contributed by atoms with Gasteiger partial charge in [-0.25, -0.2) is 4.98 Å². The lowest BCUT2D eigenvalue weighted by molar-refractivity contribution is -0.123. The molecule has 0 spiro atoms. The summed E-state index contributed by atoms with van der Waals surface area (Å²) in [7, 11) is 0. The van der Waals surface area contributed by atoms with Crippen molar-refractivity contribution in [2.75, 3.05) is 29.1 Å². The number of aromatic nitrogens is 1. The lowest BCUT2D eigenvalue weighted by atomic mass is 9.96. The van der Waals surface area contributed by atoms with E-state index in [-0.39, 0.29) is 30.7 Å². The number of nitriles is 1. The lowest BCUT2D eigenvalue weighted by Crippen LogP contribution is -2.44. The second kappa shape index (κ2) is 6.89. The molecule has 2 aromatic rings. The second-order valence-corrected chi connectivity index (χ2v) is 7.51. The van der Waals surface area contributed by atoms with Crippen molar-refractivity contribution >= 4 is 39.8 Å². The van der Waals surface area contributed by atoms with Crippen LogP contribution in [0.5, 0.6) is 5.75 Å². The molecule has 2 amide bonds. The van der Waals surface area contributed by atoms with Gasteiger partial charge in [0.25, 0.3) is 5.91 Å². The Balaban J connectivity index is 1.56. The molecule has 0 bridgehead atoms. The monoisotopic (exact) mass is 383 g/mol. The Morgan fingerprint density at radius 1 is 1.41 bits per heavy atom. The highest BCUT2D eigenvalue weighted by atomic mass is 32.1. The number of thiophene rings is 1. The molecule has 0 saturated heterocycles. The van der Waals surface area contributed by atoms with Gasteiger partial charge in [-0.3, -0.25) is 14.5 Å². The standard InChI is InChI=1S/C18H17N5O3S/c19-7-11-10-3-1-2-4-13(10)27-18(11)22-15(24)8-23-16(25)9-26-12-5-6-14(20)21-17(12)23/h5-6H,1-4,8-9H2,(H2,20,21)(H,22,24). The van der Waals surface area contributed by atoms with Gasteiger partial charge in [0.15, 0.2) is 18.2 Å². The largest absolute Gasteiger partial charge is 0.480 e. The fourth-order valence-corrected chi connectivity index (χ4v) is 4.59. The van der Waals surface area contributed by atoms with Crippen LogP contribution in [0.2, 0.25) is 0 Å². The van der Waals surface area contributed by atoms with E-state index in [4.69, 9.17) is 10.5 Å². The Labute approximate surface area is 159 Å². The smallest absolute Gasteiger partial charge is 0.266 e. The molecule has 0 fully saturated rings. The summed E-state index contributed by atoms with van der Waals surface area (Å²) in [4.78, 5) is 31.4. The predicted octanol–water partition coefficient (Wildman–Crippen LogP) is 1.84. The van der Waals surface area contributed by atoms with E-state index in [1.54, 1.807) is 12.1 Å². The minimum Gasteiger partial charge on any atom is -0.480 e. The molecular weight excluding hydrogens is 366 g/mol. The predicted molar refractivity (Wildman–Crippen MR) is 101 cm³/mol. The van der Waals surface area contributed by atoms with E-state index < -0.39 is 5.91 Å². The molecular formula is C18H17N5O3S. The van der Waals surface area contributed by atoms with Crippen LogP contribution in [0.1, 0.15) is 28.8 Å². The maximum atomic E-state index is 12.6. The SMILES string of the molecule is N#Cc1c(NC(=O)CN2C(=O)COc3ccc(N)nc32)sc2c1CCCC2. The molecule has 0 unspecified atom stereocenters. The number of pyridine rings is 1. The summed E-state index contributed by atoms with van der Waals surface area (Å²) in [6.45, 7) is -0.387. The van der Waals surface area contributed by atoms with E-state index in [2.05, 4.69) is 16.4 Å². The van der Waals surface area contributed by atoms with Crippen molar-refractivity contribution in [1.82, 2.24) is 4.98 Å². The molecule has 3 N–H and O–H groups in total. The van der Waals surface area contributed by atoms with Crippen molar-refractivity contribution in [1.29, 1.82) is 5.26 Å². The first-order valence-corrected chi connectivity index (χ1v) is 9.42. The number of carbonyl (C=O) groups excluding carboxylic acids is 2. The zero-order valence-electron chi connectivity index (χ0n) is 14.4. The van der Waals surface area contributed by atoms with Crippen molar-refractivity contribution in [3.05, 3.63) is 28.1 Å². The quantitative estimate of drug-likeness (QED) is 0.834. The Morgan fingerprint density at radius 3 is 3.04 bits per heavy atom. The van der Waals surface area contributed by atoms with E-state index in [1.165, 1.54) is 16.2 Å². The number of rotatable bonds is 3. The van der Waals surface area contributed by atoms with Crippen molar-refractivity contribution < 1.29 is 14.3 Å². The van der Waals surface area contributed by atoms with Gasteiger partial charge in [0.1, 0.15) is 23.4 Å². The van der Waals surface area contributed by atoms with Gasteiger partial charge in [0.05, 0.1) is 5.56 Å². The number of hydrogen-bond donors (Lipinski definition) is 2. The summed E-state index contributed by atoms with van der Waals surface area (Å²) in [6, 6.07) is 5.40. The first-order chi connectivity index (χ1) is 13.1. The first kappa shape index (κ1) is 17.3. The number of hydrogen-bond acceptors (Lipinski definition) is 7. The van der Waals surface area contributed by atoms with Crippen molar-refractivity contribution in [2.24, 2.45) is 0 Å². The lowest BCUT2D eigenvalue weighted by Gasteiger charge is -2.27. The number of ether oxygens (including phenoxy) is 1. The van der Waals surface area contributed by atoms with Crippen LogP contribution in [0.4, 0.5) is 16.6 Å². The molecule has 0 radical (unpaired) electrons.